The van der Waals surface area contributed by atoms with E-state index < -0.39 is 11.2 Å². The highest BCUT2D eigenvalue weighted by molar-refractivity contribution is 8.00. The molecule has 0 aliphatic rings. The van der Waals surface area contributed by atoms with Crippen LogP contribution in [0.15, 0.2) is 83.8 Å². The van der Waals surface area contributed by atoms with Crippen LogP contribution < -0.4 is 10.6 Å². The van der Waals surface area contributed by atoms with E-state index in [1.165, 1.54) is 23.9 Å². The summed E-state index contributed by atoms with van der Waals surface area (Å²) in [6.07, 6.45) is 2.27. The quantitative estimate of drug-likeness (QED) is 0.322. The maximum atomic E-state index is 13.2. The molecule has 0 aliphatic carbocycles. The summed E-state index contributed by atoms with van der Waals surface area (Å²) in [6.45, 7) is 2.04. The molecule has 3 rings (SSSR count). The van der Waals surface area contributed by atoms with Gasteiger partial charge in [-0.2, -0.15) is 0 Å². The minimum Gasteiger partial charge on any atom is -0.478 e. The summed E-state index contributed by atoms with van der Waals surface area (Å²) < 4.78 is 0. The number of carbonyl (C=O) groups excluding carboxylic acids is 2. The van der Waals surface area contributed by atoms with Gasteiger partial charge in [0.05, 0.1) is 5.56 Å². The number of aromatic carboxylic acids is 1. The average Bonchev–Trinajstić information content (AvgIpc) is 2.82. The molecule has 6 nitrogen and oxygen atoms in total. The number of rotatable bonds is 10. The van der Waals surface area contributed by atoms with Gasteiger partial charge in [0, 0.05) is 22.7 Å². The fraction of sp³-hybridized carbons (Fsp3) is 0.192. The molecule has 0 fully saturated rings. The predicted octanol–water partition coefficient (Wildman–Crippen LogP) is 5.99. The van der Waals surface area contributed by atoms with Crippen molar-refractivity contribution in [3.05, 3.63) is 90.0 Å². The van der Waals surface area contributed by atoms with Crippen LogP contribution in [0.25, 0.3) is 0 Å². The number of anilines is 2. The third-order valence-corrected chi connectivity index (χ3v) is 6.12. The van der Waals surface area contributed by atoms with Gasteiger partial charge in [0.2, 0.25) is 11.8 Å². The van der Waals surface area contributed by atoms with Crippen LogP contribution in [0.2, 0.25) is 0 Å². The van der Waals surface area contributed by atoms with Crippen LogP contribution in [0.1, 0.15) is 47.4 Å². The zero-order valence-corrected chi connectivity index (χ0v) is 19.1. The summed E-state index contributed by atoms with van der Waals surface area (Å²) in [4.78, 5) is 37.2. The molecule has 7 heteroatoms. The minimum atomic E-state index is -1.02. The lowest BCUT2D eigenvalue weighted by atomic mass is 10.1. The minimum absolute atomic E-state index is 0.0267. The van der Waals surface area contributed by atoms with Crippen molar-refractivity contribution in [2.24, 2.45) is 0 Å². The second-order valence-electron chi connectivity index (χ2n) is 7.46. The van der Waals surface area contributed by atoms with Crippen molar-refractivity contribution >= 4 is 40.9 Å². The molecule has 0 bridgehead atoms. The highest BCUT2D eigenvalue weighted by Gasteiger charge is 2.22. The molecule has 33 heavy (non-hydrogen) atoms. The molecule has 0 aromatic heterocycles. The number of carboxylic acid groups (broad SMARTS) is 1. The van der Waals surface area contributed by atoms with E-state index in [1.54, 1.807) is 12.1 Å². The van der Waals surface area contributed by atoms with E-state index in [4.69, 9.17) is 5.11 Å². The predicted molar refractivity (Wildman–Crippen MR) is 132 cm³/mol. The first-order valence-electron chi connectivity index (χ1n) is 10.7. The summed E-state index contributed by atoms with van der Waals surface area (Å²) in [5, 5.41) is 14.3. The number of carboxylic acids is 1. The lowest BCUT2D eigenvalue weighted by molar-refractivity contribution is -0.116. The van der Waals surface area contributed by atoms with Gasteiger partial charge in [-0.1, -0.05) is 49.7 Å². The fourth-order valence-corrected chi connectivity index (χ4v) is 4.23. The van der Waals surface area contributed by atoms with Crippen molar-refractivity contribution in [2.75, 3.05) is 10.6 Å². The van der Waals surface area contributed by atoms with Crippen LogP contribution in [0, 0.1) is 0 Å². The Labute approximate surface area is 197 Å². The molecule has 0 saturated heterocycles. The highest BCUT2D eigenvalue weighted by Crippen LogP contribution is 2.37. The number of hydrogen-bond acceptors (Lipinski definition) is 4. The van der Waals surface area contributed by atoms with Crippen LogP contribution in [0.5, 0.6) is 0 Å². The first-order chi connectivity index (χ1) is 16.0. The van der Waals surface area contributed by atoms with Gasteiger partial charge in [-0.05, 0) is 54.4 Å². The maximum Gasteiger partial charge on any atom is 0.335 e. The number of nitrogens with one attached hydrogen (secondary N) is 2. The van der Waals surface area contributed by atoms with Gasteiger partial charge >= 0.3 is 5.97 Å². The molecule has 0 spiro atoms. The summed E-state index contributed by atoms with van der Waals surface area (Å²) in [5.41, 5.74) is 2.19. The molecule has 0 aliphatic heterocycles. The van der Waals surface area contributed by atoms with Gasteiger partial charge in [0.1, 0.15) is 5.25 Å². The highest BCUT2D eigenvalue weighted by atomic mass is 32.2. The number of amides is 2. The summed E-state index contributed by atoms with van der Waals surface area (Å²) in [7, 11) is 0. The molecule has 0 heterocycles. The van der Waals surface area contributed by atoms with Gasteiger partial charge in [-0.25, -0.2) is 4.79 Å². The topological polar surface area (TPSA) is 95.5 Å². The first-order valence-corrected chi connectivity index (χ1v) is 11.6. The molecule has 170 valence electrons. The monoisotopic (exact) mass is 462 g/mol. The third-order valence-electron chi connectivity index (χ3n) is 4.87. The Morgan fingerprint density at radius 3 is 2.27 bits per heavy atom. The van der Waals surface area contributed by atoms with Crippen LogP contribution in [0.3, 0.4) is 0 Å². The van der Waals surface area contributed by atoms with Crippen LogP contribution >= 0.6 is 11.8 Å². The third kappa shape index (κ3) is 7.22. The number of hydrogen-bond donors (Lipinski definition) is 3. The van der Waals surface area contributed by atoms with Crippen molar-refractivity contribution in [1.29, 1.82) is 0 Å². The molecule has 3 N–H and O–H groups in total. The summed E-state index contributed by atoms with van der Waals surface area (Å²) >= 11 is 1.38. The first kappa shape index (κ1) is 24.1. The smallest absolute Gasteiger partial charge is 0.335 e. The number of unbranched alkanes of at least 4 members (excludes halogenated alkanes) is 1. The molecule has 2 amide bonds. The summed E-state index contributed by atoms with van der Waals surface area (Å²) in [5.74, 6) is -1.28. The van der Waals surface area contributed by atoms with Gasteiger partial charge in [0.15, 0.2) is 0 Å². The largest absolute Gasteiger partial charge is 0.478 e. The molecule has 0 saturated carbocycles. The van der Waals surface area contributed by atoms with Gasteiger partial charge in [-0.3, -0.25) is 9.59 Å². The van der Waals surface area contributed by atoms with Gasteiger partial charge in [0.25, 0.3) is 0 Å². The van der Waals surface area contributed by atoms with E-state index in [9.17, 15) is 14.4 Å². The molecular weight excluding hydrogens is 436 g/mol. The Morgan fingerprint density at radius 1 is 0.879 bits per heavy atom. The van der Waals surface area contributed by atoms with E-state index in [2.05, 4.69) is 10.6 Å². The van der Waals surface area contributed by atoms with E-state index in [-0.39, 0.29) is 17.4 Å². The molecule has 3 aromatic carbocycles. The molecule has 1 atom stereocenters. The van der Waals surface area contributed by atoms with Crippen molar-refractivity contribution in [3.8, 4) is 0 Å². The van der Waals surface area contributed by atoms with Crippen molar-refractivity contribution in [1.82, 2.24) is 0 Å². The SMILES string of the molecule is CCCCC(=O)Nc1cccc(SC(C(=O)Nc2ccc(C(=O)O)cc2)c2ccccc2)c1. The number of thioether (sulfide) groups is 1. The van der Waals surface area contributed by atoms with Crippen LogP contribution in [0.4, 0.5) is 11.4 Å². The Morgan fingerprint density at radius 2 is 1.61 bits per heavy atom. The van der Waals surface area contributed by atoms with E-state index >= 15 is 0 Å². The van der Waals surface area contributed by atoms with Gasteiger partial charge in [-0.15, -0.1) is 11.8 Å². The number of benzene rings is 3. The fourth-order valence-electron chi connectivity index (χ4n) is 3.15. The second-order valence-corrected chi connectivity index (χ2v) is 8.64. The zero-order chi connectivity index (χ0) is 23.6. The lowest BCUT2D eigenvalue weighted by Crippen LogP contribution is -2.19. The van der Waals surface area contributed by atoms with Crippen LogP contribution in [-0.4, -0.2) is 22.9 Å². The Kier molecular flexibility index (Phi) is 8.66. The van der Waals surface area contributed by atoms with Crippen molar-refractivity contribution in [2.45, 2.75) is 36.3 Å². The van der Waals surface area contributed by atoms with Crippen LogP contribution in [-0.2, 0) is 9.59 Å². The number of carbonyl (C=O) groups is 3. The van der Waals surface area contributed by atoms with E-state index in [1.807, 2.05) is 61.5 Å². The van der Waals surface area contributed by atoms with Gasteiger partial charge < -0.3 is 15.7 Å². The van der Waals surface area contributed by atoms with E-state index in [0.717, 1.165) is 23.3 Å². The molecule has 0 radical (unpaired) electrons. The Bertz CT molecular complexity index is 1100. The maximum absolute atomic E-state index is 13.2. The molecule has 3 aromatic rings. The standard InChI is InChI=1S/C26H26N2O4S/c1-2-3-12-23(29)27-21-10-7-11-22(17-21)33-24(18-8-5-4-6-9-18)25(30)28-20-15-13-19(14-16-20)26(31)32/h4-11,13-17,24H,2-3,12H2,1H3,(H,27,29)(H,28,30)(H,31,32). The zero-order valence-electron chi connectivity index (χ0n) is 18.3. The average molecular weight is 463 g/mol. The Hall–Kier alpha value is -3.58. The summed E-state index contributed by atoms with van der Waals surface area (Å²) in [6, 6.07) is 22.9. The lowest BCUT2D eigenvalue weighted by Gasteiger charge is -2.18. The molecule has 1 unspecified atom stereocenters. The second kappa shape index (κ2) is 11.9. The Balaban J connectivity index is 1.77. The van der Waals surface area contributed by atoms with E-state index in [0.29, 0.717) is 17.8 Å². The molecular formula is C26H26N2O4S. The normalized spacial score (nSPS) is 11.4. The van der Waals surface area contributed by atoms with Crippen molar-refractivity contribution < 1.29 is 19.5 Å². The van der Waals surface area contributed by atoms with Crippen molar-refractivity contribution in [3.63, 3.8) is 0 Å².